The summed E-state index contributed by atoms with van der Waals surface area (Å²) in [5.74, 6) is 0.641. The maximum absolute atomic E-state index is 12.3. The van der Waals surface area contributed by atoms with Gasteiger partial charge in [-0.25, -0.2) is 0 Å². The van der Waals surface area contributed by atoms with Crippen molar-refractivity contribution in [3.63, 3.8) is 0 Å². The first-order chi connectivity index (χ1) is 9.11. The van der Waals surface area contributed by atoms with Crippen molar-refractivity contribution in [3.8, 4) is 0 Å². The highest BCUT2D eigenvalue weighted by molar-refractivity contribution is 6.09. The predicted octanol–water partition coefficient (Wildman–Crippen LogP) is 4.74. The summed E-state index contributed by atoms with van der Waals surface area (Å²) in [6.07, 6.45) is 1.12. The Kier molecular flexibility index (Phi) is 4.16. The quantitative estimate of drug-likeness (QED) is 0.718. The van der Waals surface area contributed by atoms with Crippen molar-refractivity contribution < 1.29 is 4.79 Å². The van der Waals surface area contributed by atoms with Gasteiger partial charge in [-0.1, -0.05) is 61.9 Å². The molecule has 1 unspecified atom stereocenters. The number of hydrogen-bond acceptors (Lipinski definition) is 1. The van der Waals surface area contributed by atoms with Crippen LogP contribution >= 0.6 is 0 Å². The normalized spacial score (nSPS) is 12.2. The van der Waals surface area contributed by atoms with Gasteiger partial charge in [0.1, 0.15) is 0 Å². The number of carbonyl (C=O) groups excluding carboxylic acids is 1. The molecule has 0 aliphatic heterocycles. The number of carbonyl (C=O) groups is 1. The van der Waals surface area contributed by atoms with Gasteiger partial charge in [0.15, 0.2) is 5.78 Å². The molecule has 1 atom stereocenters. The van der Waals surface area contributed by atoms with E-state index in [1.165, 1.54) is 5.56 Å². The van der Waals surface area contributed by atoms with Gasteiger partial charge < -0.3 is 0 Å². The van der Waals surface area contributed by atoms with E-state index in [-0.39, 0.29) is 5.78 Å². The number of ketones is 1. The molecule has 1 nitrogen and oxygen atoms in total. The molecule has 19 heavy (non-hydrogen) atoms. The van der Waals surface area contributed by atoms with E-state index in [2.05, 4.69) is 26.0 Å². The van der Waals surface area contributed by atoms with Crippen LogP contribution in [0.4, 0.5) is 0 Å². The van der Waals surface area contributed by atoms with E-state index in [0.29, 0.717) is 5.92 Å². The van der Waals surface area contributed by atoms with E-state index >= 15 is 0 Å². The standard InChI is InChI=1S/C18H20O/c1-4-14(3)15-8-10-16(11-9-15)18(19)17-7-5-6-13(2)12-17/h5-12,14H,4H2,1-3H3. The minimum Gasteiger partial charge on any atom is -0.289 e. The molecule has 0 aliphatic rings. The molecule has 1 heteroatoms. The van der Waals surface area contributed by atoms with Crippen LogP contribution in [0.5, 0.6) is 0 Å². The number of hydrogen-bond donors (Lipinski definition) is 0. The minimum absolute atomic E-state index is 0.0967. The largest absolute Gasteiger partial charge is 0.289 e. The van der Waals surface area contributed by atoms with Gasteiger partial charge in [-0.15, -0.1) is 0 Å². The average molecular weight is 252 g/mol. The number of aryl methyl sites for hydroxylation is 1. The lowest BCUT2D eigenvalue weighted by Gasteiger charge is -2.09. The zero-order valence-corrected chi connectivity index (χ0v) is 11.8. The fourth-order valence-corrected chi connectivity index (χ4v) is 2.15. The Morgan fingerprint density at radius 2 is 1.74 bits per heavy atom. The van der Waals surface area contributed by atoms with Gasteiger partial charge in [0.25, 0.3) is 0 Å². The molecular formula is C18H20O. The zero-order chi connectivity index (χ0) is 13.8. The predicted molar refractivity (Wildman–Crippen MR) is 79.8 cm³/mol. The third-order valence-electron chi connectivity index (χ3n) is 3.63. The highest BCUT2D eigenvalue weighted by Crippen LogP contribution is 2.20. The van der Waals surface area contributed by atoms with Gasteiger partial charge in [0, 0.05) is 11.1 Å². The van der Waals surface area contributed by atoms with Crippen LogP contribution in [-0.2, 0) is 0 Å². The van der Waals surface area contributed by atoms with Gasteiger partial charge in [-0.2, -0.15) is 0 Å². The summed E-state index contributed by atoms with van der Waals surface area (Å²) >= 11 is 0. The Morgan fingerprint density at radius 1 is 1.05 bits per heavy atom. The van der Waals surface area contributed by atoms with E-state index in [0.717, 1.165) is 23.1 Å². The maximum atomic E-state index is 12.3. The van der Waals surface area contributed by atoms with Gasteiger partial charge in [0.2, 0.25) is 0 Å². The molecule has 0 aromatic heterocycles. The summed E-state index contributed by atoms with van der Waals surface area (Å²) in [6.45, 7) is 6.39. The molecule has 0 fully saturated rings. The summed E-state index contributed by atoms with van der Waals surface area (Å²) in [7, 11) is 0. The van der Waals surface area contributed by atoms with E-state index in [4.69, 9.17) is 0 Å². The van der Waals surface area contributed by atoms with Crippen molar-refractivity contribution in [1.82, 2.24) is 0 Å². The second-order valence-electron chi connectivity index (χ2n) is 5.13. The van der Waals surface area contributed by atoms with Crippen molar-refractivity contribution in [3.05, 3.63) is 70.8 Å². The maximum Gasteiger partial charge on any atom is 0.193 e. The van der Waals surface area contributed by atoms with Crippen molar-refractivity contribution in [1.29, 1.82) is 0 Å². The molecule has 2 aromatic rings. The van der Waals surface area contributed by atoms with E-state index in [9.17, 15) is 4.79 Å². The SMILES string of the molecule is CCC(C)c1ccc(C(=O)c2cccc(C)c2)cc1. The Morgan fingerprint density at radius 3 is 2.32 bits per heavy atom. The number of rotatable bonds is 4. The molecule has 0 radical (unpaired) electrons. The van der Waals surface area contributed by atoms with Crippen molar-refractivity contribution in [2.75, 3.05) is 0 Å². The van der Waals surface area contributed by atoms with Crippen LogP contribution in [0.2, 0.25) is 0 Å². The van der Waals surface area contributed by atoms with E-state index < -0.39 is 0 Å². The van der Waals surface area contributed by atoms with Gasteiger partial charge >= 0.3 is 0 Å². The molecule has 0 saturated heterocycles. The molecule has 0 N–H and O–H groups in total. The van der Waals surface area contributed by atoms with Crippen LogP contribution in [0.25, 0.3) is 0 Å². The fraction of sp³-hybridized carbons (Fsp3) is 0.278. The van der Waals surface area contributed by atoms with Crippen LogP contribution in [0.15, 0.2) is 48.5 Å². The topological polar surface area (TPSA) is 17.1 Å². The molecule has 0 aliphatic carbocycles. The number of benzene rings is 2. The zero-order valence-electron chi connectivity index (χ0n) is 11.8. The molecule has 2 rings (SSSR count). The summed E-state index contributed by atoms with van der Waals surface area (Å²) < 4.78 is 0. The second-order valence-corrected chi connectivity index (χ2v) is 5.13. The molecule has 2 aromatic carbocycles. The molecule has 0 amide bonds. The Balaban J connectivity index is 2.25. The van der Waals surface area contributed by atoms with Crippen molar-refractivity contribution in [2.24, 2.45) is 0 Å². The third kappa shape index (κ3) is 3.11. The Bertz CT molecular complexity index is 566. The van der Waals surface area contributed by atoms with Gasteiger partial charge in [-0.05, 0) is 30.9 Å². The summed E-state index contributed by atoms with van der Waals surface area (Å²) in [4.78, 5) is 12.3. The first kappa shape index (κ1) is 13.5. The Hall–Kier alpha value is -1.89. The van der Waals surface area contributed by atoms with Crippen LogP contribution in [0, 0.1) is 6.92 Å². The minimum atomic E-state index is 0.0967. The molecule has 0 saturated carbocycles. The molecule has 0 bridgehead atoms. The van der Waals surface area contributed by atoms with Gasteiger partial charge in [-0.3, -0.25) is 4.79 Å². The smallest absolute Gasteiger partial charge is 0.193 e. The fourth-order valence-electron chi connectivity index (χ4n) is 2.15. The van der Waals surface area contributed by atoms with Crippen LogP contribution in [0.1, 0.15) is 53.2 Å². The van der Waals surface area contributed by atoms with E-state index in [1.807, 2.05) is 43.3 Å². The van der Waals surface area contributed by atoms with Crippen molar-refractivity contribution >= 4 is 5.78 Å². The summed E-state index contributed by atoms with van der Waals surface area (Å²) in [5, 5.41) is 0. The lowest BCUT2D eigenvalue weighted by atomic mass is 9.95. The average Bonchev–Trinajstić information content (AvgIpc) is 2.46. The monoisotopic (exact) mass is 252 g/mol. The third-order valence-corrected chi connectivity index (χ3v) is 3.63. The molecule has 0 heterocycles. The van der Waals surface area contributed by atoms with Crippen LogP contribution < -0.4 is 0 Å². The van der Waals surface area contributed by atoms with Crippen LogP contribution in [-0.4, -0.2) is 5.78 Å². The molecule has 98 valence electrons. The molecular weight excluding hydrogens is 232 g/mol. The second kappa shape index (κ2) is 5.83. The highest BCUT2D eigenvalue weighted by Gasteiger charge is 2.10. The van der Waals surface area contributed by atoms with E-state index in [1.54, 1.807) is 0 Å². The molecule has 0 spiro atoms. The highest BCUT2D eigenvalue weighted by atomic mass is 16.1. The van der Waals surface area contributed by atoms with Crippen LogP contribution in [0.3, 0.4) is 0 Å². The summed E-state index contributed by atoms with van der Waals surface area (Å²) in [6, 6.07) is 15.7. The van der Waals surface area contributed by atoms with Crippen molar-refractivity contribution in [2.45, 2.75) is 33.1 Å². The van der Waals surface area contributed by atoms with Gasteiger partial charge in [0.05, 0.1) is 0 Å². The lowest BCUT2D eigenvalue weighted by Crippen LogP contribution is -2.02. The first-order valence-electron chi connectivity index (χ1n) is 6.83. The Labute approximate surface area is 115 Å². The summed E-state index contributed by atoms with van der Waals surface area (Å²) in [5.41, 5.74) is 3.93. The first-order valence-corrected chi connectivity index (χ1v) is 6.83. The lowest BCUT2D eigenvalue weighted by molar-refractivity contribution is 0.103.